The van der Waals surface area contributed by atoms with E-state index in [1.54, 1.807) is 0 Å². The number of nitrogens with zero attached hydrogens (tertiary/aromatic N) is 1. The zero-order valence-electron chi connectivity index (χ0n) is 13.3. The lowest BCUT2D eigenvalue weighted by atomic mass is 9.93. The summed E-state index contributed by atoms with van der Waals surface area (Å²) in [7, 11) is 0. The normalized spacial score (nSPS) is 13.7. The fourth-order valence-electron chi connectivity index (χ4n) is 2.26. The second-order valence-corrected chi connectivity index (χ2v) is 7.25. The van der Waals surface area contributed by atoms with E-state index in [1.807, 2.05) is 11.3 Å². The average molecular weight is 282 g/mol. The Labute approximate surface area is 123 Å². The van der Waals surface area contributed by atoms with E-state index in [2.05, 4.69) is 45.3 Å². The van der Waals surface area contributed by atoms with Crippen molar-refractivity contribution in [1.29, 1.82) is 0 Å². The maximum Gasteiger partial charge on any atom is 0.0928 e. The molecule has 0 aliphatic rings. The van der Waals surface area contributed by atoms with Gasteiger partial charge in [0.25, 0.3) is 0 Å². The van der Waals surface area contributed by atoms with Crippen molar-refractivity contribution in [2.24, 2.45) is 0 Å². The summed E-state index contributed by atoms with van der Waals surface area (Å²) in [6.07, 6.45) is 6.20. The van der Waals surface area contributed by atoms with Crippen molar-refractivity contribution in [2.45, 2.75) is 78.2 Å². The first-order valence-electron chi connectivity index (χ1n) is 7.65. The molecule has 0 amide bonds. The largest absolute Gasteiger partial charge is 0.314 e. The summed E-state index contributed by atoms with van der Waals surface area (Å²) >= 11 is 1.82. The molecular weight excluding hydrogens is 252 g/mol. The van der Waals surface area contributed by atoms with Crippen molar-refractivity contribution in [3.63, 3.8) is 0 Å². The summed E-state index contributed by atoms with van der Waals surface area (Å²) < 4.78 is 0. The Bertz CT molecular complexity index is 346. The molecule has 0 bridgehead atoms. The van der Waals surface area contributed by atoms with Crippen molar-refractivity contribution in [3.05, 3.63) is 16.1 Å². The van der Waals surface area contributed by atoms with Gasteiger partial charge in [0, 0.05) is 16.8 Å². The van der Waals surface area contributed by atoms with Crippen molar-refractivity contribution in [1.82, 2.24) is 10.3 Å². The summed E-state index contributed by atoms with van der Waals surface area (Å²) in [5.41, 5.74) is 1.42. The lowest BCUT2D eigenvalue weighted by Gasteiger charge is -2.16. The Morgan fingerprint density at radius 2 is 2.00 bits per heavy atom. The van der Waals surface area contributed by atoms with Crippen molar-refractivity contribution in [3.8, 4) is 0 Å². The van der Waals surface area contributed by atoms with E-state index >= 15 is 0 Å². The van der Waals surface area contributed by atoms with E-state index in [0.717, 1.165) is 13.0 Å². The van der Waals surface area contributed by atoms with Gasteiger partial charge in [-0.05, 0) is 32.2 Å². The van der Waals surface area contributed by atoms with E-state index in [0.29, 0.717) is 6.04 Å². The van der Waals surface area contributed by atoms with Gasteiger partial charge in [-0.2, -0.15) is 0 Å². The first-order valence-corrected chi connectivity index (χ1v) is 8.53. The van der Waals surface area contributed by atoms with Gasteiger partial charge in [0.05, 0.1) is 10.7 Å². The predicted molar refractivity (Wildman–Crippen MR) is 86.1 cm³/mol. The number of hydrogen-bond donors (Lipinski definition) is 1. The molecule has 0 saturated carbocycles. The third kappa shape index (κ3) is 6.05. The smallest absolute Gasteiger partial charge is 0.0928 e. The highest BCUT2D eigenvalue weighted by molar-refractivity contribution is 7.09. The van der Waals surface area contributed by atoms with Gasteiger partial charge in [0.1, 0.15) is 0 Å². The Morgan fingerprint density at radius 1 is 1.26 bits per heavy atom. The maximum absolute atomic E-state index is 4.77. The van der Waals surface area contributed by atoms with E-state index in [-0.39, 0.29) is 5.41 Å². The van der Waals surface area contributed by atoms with Gasteiger partial charge in [-0.3, -0.25) is 0 Å². The fraction of sp³-hybridized carbons (Fsp3) is 0.812. The van der Waals surface area contributed by atoms with Crippen LogP contribution in [0.2, 0.25) is 0 Å². The molecular formula is C16H30N2S. The van der Waals surface area contributed by atoms with E-state index in [9.17, 15) is 0 Å². The van der Waals surface area contributed by atoms with Crippen LogP contribution in [0.1, 0.15) is 71.0 Å². The summed E-state index contributed by atoms with van der Waals surface area (Å²) in [5, 5.41) is 7.11. The van der Waals surface area contributed by atoms with Gasteiger partial charge in [0.2, 0.25) is 0 Å². The first-order chi connectivity index (χ1) is 8.97. The Hall–Kier alpha value is -0.410. The van der Waals surface area contributed by atoms with Crippen molar-refractivity contribution < 1.29 is 0 Å². The standard InChI is InChI=1S/C16H30N2S/c1-6-9-13(17-7-2)10-8-11-15-18-14(12-19-15)16(3,4)5/h12-13,17H,6-11H2,1-5H3. The molecule has 1 rings (SSSR count). The fourth-order valence-corrected chi connectivity index (χ4v) is 3.32. The molecule has 3 heteroatoms. The topological polar surface area (TPSA) is 24.9 Å². The molecule has 1 unspecified atom stereocenters. The van der Waals surface area contributed by atoms with Crippen LogP contribution in [0.4, 0.5) is 0 Å². The van der Waals surface area contributed by atoms with Gasteiger partial charge in [0.15, 0.2) is 0 Å². The number of rotatable bonds is 8. The van der Waals surface area contributed by atoms with Crippen LogP contribution in [0.3, 0.4) is 0 Å². The van der Waals surface area contributed by atoms with Crippen LogP contribution in [0.5, 0.6) is 0 Å². The minimum absolute atomic E-state index is 0.184. The molecule has 0 saturated heterocycles. The lowest BCUT2D eigenvalue weighted by Crippen LogP contribution is -2.28. The molecule has 1 aromatic rings. The minimum atomic E-state index is 0.184. The summed E-state index contributed by atoms with van der Waals surface area (Å²) in [5.74, 6) is 0. The van der Waals surface area contributed by atoms with Gasteiger partial charge in [-0.1, -0.05) is 41.0 Å². The van der Waals surface area contributed by atoms with Gasteiger partial charge in [-0.25, -0.2) is 4.98 Å². The van der Waals surface area contributed by atoms with Crippen LogP contribution in [-0.4, -0.2) is 17.6 Å². The third-order valence-corrected chi connectivity index (χ3v) is 4.30. The zero-order chi connectivity index (χ0) is 14.3. The summed E-state index contributed by atoms with van der Waals surface area (Å²) in [4.78, 5) is 4.77. The second kappa shape index (κ2) is 8.01. The summed E-state index contributed by atoms with van der Waals surface area (Å²) in [6, 6.07) is 0.692. The van der Waals surface area contributed by atoms with Crippen molar-refractivity contribution >= 4 is 11.3 Å². The number of nitrogens with one attached hydrogen (secondary N) is 1. The zero-order valence-corrected chi connectivity index (χ0v) is 14.1. The molecule has 0 aliphatic heterocycles. The van der Waals surface area contributed by atoms with Gasteiger partial charge in [-0.15, -0.1) is 11.3 Å². The molecule has 0 radical (unpaired) electrons. The Morgan fingerprint density at radius 3 is 2.53 bits per heavy atom. The molecule has 0 aromatic carbocycles. The van der Waals surface area contributed by atoms with Crippen LogP contribution < -0.4 is 5.32 Å². The van der Waals surface area contributed by atoms with Crippen molar-refractivity contribution in [2.75, 3.05) is 6.54 Å². The SMILES string of the molecule is CCCC(CCCc1nc(C(C)(C)C)cs1)NCC. The highest BCUT2D eigenvalue weighted by Gasteiger charge is 2.17. The Balaban J connectivity index is 2.38. The number of aromatic nitrogens is 1. The molecule has 19 heavy (non-hydrogen) atoms. The number of hydrogen-bond acceptors (Lipinski definition) is 3. The Kier molecular flexibility index (Phi) is 7.01. The molecule has 0 fully saturated rings. The minimum Gasteiger partial charge on any atom is -0.314 e. The van der Waals surface area contributed by atoms with Crippen LogP contribution >= 0.6 is 11.3 Å². The van der Waals surface area contributed by atoms with E-state index < -0.39 is 0 Å². The number of aryl methyl sites for hydroxylation is 1. The van der Waals surface area contributed by atoms with Crippen LogP contribution in [0.15, 0.2) is 5.38 Å². The highest BCUT2D eigenvalue weighted by atomic mass is 32.1. The second-order valence-electron chi connectivity index (χ2n) is 6.31. The molecule has 0 spiro atoms. The highest BCUT2D eigenvalue weighted by Crippen LogP contribution is 2.24. The molecule has 2 nitrogen and oxygen atoms in total. The van der Waals surface area contributed by atoms with Crippen LogP contribution in [0, 0.1) is 0 Å². The van der Waals surface area contributed by atoms with E-state index in [4.69, 9.17) is 4.98 Å². The predicted octanol–water partition coefficient (Wildman–Crippen LogP) is 4.54. The quantitative estimate of drug-likeness (QED) is 0.757. The van der Waals surface area contributed by atoms with E-state index in [1.165, 1.54) is 36.4 Å². The lowest BCUT2D eigenvalue weighted by molar-refractivity contribution is 0.447. The summed E-state index contributed by atoms with van der Waals surface area (Å²) in [6.45, 7) is 12.2. The molecule has 0 aliphatic carbocycles. The first kappa shape index (κ1) is 16.6. The van der Waals surface area contributed by atoms with Gasteiger partial charge < -0.3 is 5.32 Å². The monoisotopic (exact) mass is 282 g/mol. The number of thiazole rings is 1. The van der Waals surface area contributed by atoms with Gasteiger partial charge >= 0.3 is 0 Å². The van der Waals surface area contributed by atoms with Crippen LogP contribution in [-0.2, 0) is 11.8 Å². The average Bonchev–Trinajstić information content (AvgIpc) is 2.78. The molecule has 1 heterocycles. The van der Waals surface area contributed by atoms with Crippen LogP contribution in [0.25, 0.3) is 0 Å². The molecule has 110 valence electrons. The molecule has 1 N–H and O–H groups in total. The third-order valence-electron chi connectivity index (χ3n) is 3.39. The molecule has 1 aromatic heterocycles. The molecule has 1 atom stereocenters. The maximum atomic E-state index is 4.77.